The van der Waals surface area contributed by atoms with E-state index in [9.17, 15) is 4.79 Å². The molecule has 2 aromatic heterocycles. The number of H-pyrrole nitrogens is 1. The van der Waals surface area contributed by atoms with Crippen LogP contribution in [0.4, 0.5) is 0 Å². The summed E-state index contributed by atoms with van der Waals surface area (Å²) in [5.74, 6) is 1.25. The van der Waals surface area contributed by atoms with E-state index in [0.717, 1.165) is 29.7 Å². The van der Waals surface area contributed by atoms with Gasteiger partial charge in [-0.3, -0.25) is 4.79 Å². The van der Waals surface area contributed by atoms with E-state index in [1.165, 1.54) is 0 Å². The Morgan fingerprint density at radius 1 is 1.20 bits per heavy atom. The predicted octanol–water partition coefficient (Wildman–Crippen LogP) is 2.57. The van der Waals surface area contributed by atoms with Gasteiger partial charge < -0.3 is 19.4 Å². The Hall–Kier alpha value is -2.78. The molecule has 1 N–H and O–H groups in total. The summed E-state index contributed by atoms with van der Waals surface area (Å²) in [6, 6.07) is 8.05. The minimum absolute atomic E-state index is 0.0892. The van der Waals surface area contributed by atoms with Gasteiger partial charge in [0.2, 0.25) is 0 Å². The molecule has 1 aromatic carbocycles. The van der Waals surface area contributed by atoms with Crippen molar-refractivity contribution in [3.8, 4) is 0 Å². The normalized spacial score (nSPS) is 15.4. The zero-order valence-electron chi connectivity index (χ0n) is 17.5. The van der Waals surface area contributed by atoms with E-state index in [1.54, 1.807) is 10.9 Å². The first-order valence-corrected chi connectivity index (χ1v) is 10.5. The number of nitrogens with zero attached hydrogens (tertiary/aromatic N) is 5. The Morgan fingerprint density at radius 3 is 2.63 bits per heavy atom. The number of hydrogen-bond acceptors (Lipinski definition) is 6. The second kappa shape index (κ2) is 9.36. The fourth-order valence-electron chi connectivity index (χ4n) is 3.85. The van der Waals surface area contributed by atoms with Crippen LogP contribution in [-0.2, 0) is 16.0 Å². The van der Waals surface area contributed by atoms with Gasteiger partial charge in [0.05, 0.1) is 23.8 Å². The number of fused-ring (bicyclic) bond motifs is 1. The van der Waals surface area contributed by atoms with Crippen molar-refractivity contribution in [1.82, 2.24) is 29.9 Å². The van der Waals surface area contributed by atoms with Gasteiger partial charge in [-0.1, -0.05) is 17.3 Å². The molecule has 3 aromatic rings. The Kier molecular flexibility index (Phi) is 6.39. The van der Waals surface area contributed by atoms with Crippen LogP contribution < -0.4 is 0 Å². The molecule has 0 unspecified atom stereocenters. The van der Waals surface area contributed by atoms with Crippen LogP contribution in [0.25, 0.3) is 11.0 Å². The largest absolute Gasteiger partial charge is 0.351 e. The molecule has 1 aliphatic heterocycles. The summed E-state index contributed by atoms with van der Waals surface area (Å²) in [5.41, 5.74) is 2.39. The second-order valence-corrected chi connectivity index (χ2v) is 7.37. The first kappa shape index (κ1) is 20.5. The maximum atomic E-state index is 12.9. The van der Waals surface area contributed by atoms with Crippen LogP contribution in [0.5, 0.6) is 0 Å². The zero-order valence-corrected chi connectivity index (χ0v) is 17.5. The standard InChI is InChI=1S/C21H28N6O3/c1-3-29-19(30-4-2)14-27-13-18(24-25-27)21(28)26-11-9-15(10-12-26)20-22-16-7-5-6-8-17(16)23-20/h5-8,13,15,19H,3-4,9-12,14H2,1-2H3,(H,22,23). The molecular weight excluding hydrogens is 384 g/mol. The van der Waals surface area contributed by atoms with E-state index in [-0.39, 0.29) is 5.91 Å². The van der Waals surface area contributed by atoms with Gasteiger partial charge in [-0.15, -0.1) is 5.10 Å². The van der Waals surface area contributed by atoms with Gasteiger partial charge in [0.25, 0.3) is 5.91 Å². The van der Waals surface area contributed by atoms with Gasteiger partial charge in [0.15, 0.2) is 12.0 Å². The molecule has 3 heterocycles. The topological polar surface area (TPSA) is 98.2 Å². The summed E-state index contributed by atoms with van der Waals surface area (Å²) < 4.78 is 12.7. The minimum atomic E-state index is -0.399. The van der Waals surface area contributed by atoms with Gasteiger partial charge in [-0.2, -0.15) is 0 Å². The predicted molar refractivity (Wildman–Crippen MR) is 111 cm³/mol. The number of rotatable bonds is 8. The molecule has 0 bridgehead atoms. The lowest BCUT2D eigenvalue weighted by atomic mass is 9.96. The number of carbonyl (C=O) groups is 1. The number of nitrogens with one attached hydrogen (secondary N) is 1. The molecule has 160 valence electrons. The number of ether oxygens (including phenoxy) is 2. The van der Waals surface area contributed by atoms with Crippen molar-refractivity contribution in [2.24, 2.45) is 0 Å². The number of amides is 1. The molecule has 0 saturated carbocycles. The Morgan fingerprint density at radius 2 is 1.93 bits per heavy atom. The molecule has 4 rings (SSSR count). The van der Waals surface area contributed by atoms with E-state index in [2.05, 4.69) is 15.3 Å². The molecule has 9 nitrogen and oxygen atoms in total. The third kappa shape index (κ3) is 4.52. The number of para-hydroxylation sites is 2. The van der Waals surface area contributed by atoms with Crippen LogP contribution in [-0.4, -0.2) is 68.4 Å². The van der Waals surface area contributed by atoms with Crippen molar-refractivity contribution in [1.29, 1.82) is 0 Å². The number of hydrogen-bond donors (Lipinski definition) is 1. The maximum absolute atomic E-state index is 12.9. The zero-order chi connectivity index (χ0) is 20.9. The third-order valence-electron chi connectivity index (χ3n) is 5.38. The monoisotopic (exact) mass is 412 g/mol. The summed E-state index contributed by atoms with van der Waals surface area (Å²) in [5, 5.41) is 8.13. The SMILES string of the molecule is CCOC(Cn1cc(C(=O)N2CCC(c3nc4ccccc4[nH]3)CC2)nn1)OCC. The minimum Gasteiger partial charge on any atom is -0.351 e. The van der Waals surface area contributed by atoms with Gasteiger partial charge >= 0.3 is 0 Å². The molecule has 1 fully saturated rings. The summed E-state index contributed by atoms with van der Waals surface area (Å²) in [4.78, 5) is 22.8. The van der Waals surface area contributed by atoms with Crippen LogP contribution in [0.3, 0.4) is 0 Å². The smallest absolute Gasteiger partial charge is 0.276 e. The van der Waals surface area contributed by atoms with Gasteiger partial charge in [0, 0.05) is 32.2 Å². The fourth-order valence-corrected chi connectivity index (χ4v) is 3.85. The number of aromatic nitrogens is 5. The molecule has 30 heavy (non-hydrogen) atoms. The number of benzene rings is 1. The van der Waals surface area contributed by atoms with Crippen LogP contribution in [0, 0.1) is 0 Å². The second-order valence-electron chi connectivity index (χ2n) is 7.37. The molecule has 1 aliphatic rings. The Balaban J connectivity index is 1.34. The quantitative estimate of drug-likeness (QED) is 0.571. The maximum Gasteiger partial charge on any atom is 0.276 e. The van der Waals surface area contributed by atoms with E-state index in [1.807, 2.05) is 43.0 Å². The van der Waals surface area contributed by atoms with Crippen molar-refractivity contribution >= 4 is 16.9 Å². The molecule has 0 spiro atoms. The van der Waals surface area contributed by atoms with E-state index >= 15 is 0 Å². The number of piperidine rings is 1. The molecule has 0 atom stereocenters. The van der Waals surface area contributed by atoms with Crippen LogP contribution in [0.15, 0.2) is 30.5 Å². The summed E-state index contributed by atoms with van der Waals surface area (Å²) >= 11 is 0. The highest BCUT2D eigenvalue weighted by molar-refractivity contribution is 5.92. The number of carbonyl (C=O) groups excluding carboxylic acids is 1. The molecule has 0 aliphatic carbocycles. The summed E-state index contributed by atoms with van der Waals surface area (Å²) in [6.07, 6.45) is 3.01. The van der Waals surface area contributed by atoms with Gasteiger partial charge in [0.1, 0.15) is 5.82 Å². The van der Waals surface area contributed by atoms with Crippen LogP contribution in [0.1, 0.15) is 48.9 Å². The van der Waals surface area contributed by atoms with Gasteiger partial charge in [-0.05, 0) is 38.8 Å². The summed E-state index contributed by atoms with van der Waals surface area (Å²) in [7, 11) is 0. The van der Waals surface area contributed by atoms with E-state index < -0.39 is 6.29 Å². The highest BCUT2D eigenvalue weighted by Crippen LogP contribution is 2.28. The first-order chi connectivity index (χ1) is 14.7. The first-order valence-electron chi connectivity index (χ1n) is 10.5. The van der Waals surface area contributed by atoms with E-state index in [0.29, 0.717) is 44.5 Å². The van der Waals surface area contributed by atoms with Crippen molar-refractivity contribution in [2.75, 3.05) is 26.3 Å². The molecule has 1 saturated heterocycles. The summed E-state index contributed by atoms with van der Waals surface area (Å²) in [6.45, 7) is 6.67. The molecule has 1 amide bonds. The highest BCUT2D eigenvalue weighted by atomic mass is 16.7. The lowest BCUT2D eigenvalue weighted by molar-refractivity contribution is -0.145. The molecule has 0 radical (unpaired) electrons. The van der Waals surface area contributed by atoms with Crippen molar-refractivity contribution in [3.63, 3.8) is 0 Å². The lowest BCUT2D eigenvalue weighted by Gasteiger charge is -2.30. The fraction of sp³-hybridized carbons (Fsp3) is 0.524. The van der Waals surface area contributed by atoms with Crippen molar-refractivity contribution in [3.05, 3.63) is 42.0 Å². The molecular formula is C21H28N6O3. The van der Waals surface area contributed by atoms with Crippen molar-refractivity contribution < 1.29 is 14.3 Å². The number of aromatic amines is 1. The van der Waals surface area contributed by atoms with E-state index in [4.69, 9.17) is 14.5 Å². The molecule has 9 heteroatoms. The Bertz CT molecular complexity index is 937. The number of likely N-dealkylation sites (tertiary alicyclic amines) is 1. The average molecular weight is 412 g/mol. The lowest BCUT2D eigenvalue weighted by Crippen LogP contribution is -2.38. The Labute approximate surface area is 175 Å². The number of imidazole rings is 1. The van der Waals surface area contributed by atoms with Crippen LogP contribution >= 0.6 is 0 Å². The highest BCUT2D eigenvalue weighted by Gasteiger charge is 2.28. The van der Waals surface area contributed by atoms with Crippen LogP contribution in [0.2, 0.25) is 0 Å². The third-order valence-corrected chi connectivity index (χ3v) is 5.38. The average Bonchev–Trinajstić information content (AvgIpc) is 3.41. The van der Waals surface area contributed by atoms with Gasteiger partial charge in [-0.25, -0.2) is 9.67 Å². The van der Waals surface area contributed by atoms with Crippen molar-refractivity contribution in [2.45, 2.75) is 45.4 Å².